The van der Waals surface area contributed by atoms with Crippen LogP contribution in [-0.2, 0) is 0 Å². The van der Waals surface area contributed by atoms with E-state index in [-0.39, 0.29) is 5.56 Å². The number of benzene rings is 2. The molecule has 0 fully saturated rings. The lowest BCUT2D eigenvalue weighted by molar-refractivity contribution is 0.102. The molecule has 0 spiro atoms. The van der Waals surface area contributed by atoms with E-state index in [1.165, 1.54) is 6.07 Å². The van der Waals surface area contributed by atoms with Crippen molar-refractivity contribution in [2.45, 2.75) is 26.2 Å². The fourth-order valence-electron chi connectivity index (χ4n) is 2.09. The summed E-state index contributed by atoms with van der Waals surface area (Å²) >= 11 is 0. The first-order valence-electron chi connectivity index (χ1n) is 6.88. The minimum atomic E-state index is -1.03. The highest BCUT2D eigenvalue weighted by molar-refractivity contribution is 6.04. The zero-order valence-electron chi connectivity index (χ0n) is 12.0. The molecule has 0 heterocycles. The number of rotatable bonds is 4. The minimum Gasteiger partial charge on any atom is -0.322 e. The number of para-hydroxylation sites is 1. The molecule has 1 amide bonds. The van der Waals surface area contributed by atoms with Gasteiger partial charge in [0.15, 0.2) is 11.6 Å². The van der Waals surface area contributed by atoms with Crippen molar-refractivity contribution in [3.05, 3.63) is 65.2 Å². The summed E-state index contributed by atoms with van der Waals surface area (Å²) in [6.45, 7) is 4.14. The van der Waals surface area contributed by atoms with Crippen molar-refractivity contribution in [3.63, 3.8) is 0 Å². The maximum atomic E-state index is 13.2. The lowest BCUT2D eigenvalue weighted by Gasteiger charge is -2.15. The Morgan fingerprint density at radius 2 is 1.86 bits per heavy atom. The monoisotopic (exact) mass is 289 g/mol. The third-order valence-corrected chi connectivity index (χ3v) is 3.53. The molecule has 110 valence electrons. The first-order valence-corrected chi connectivity index (χ1v) is 6.88. The Bertz CT molecular complexity index is 655. The summed E-state index contributed by atoms with van der Waals surface area (Å²) in [5, 5.41) is 2.76. The highest BCUT2D eigenvalue weighted by Gasteiger charge is 2.13. The summed E-state index contributed by atoms with van der Waals surface area (Å²) in [7, 11) is 0. The van der Waals surface area contributed by atoms with Crippen molar-refractivity contribution in [2.75, 3.05) is 5.32 Å². The molecule has 21 heavy (non-hydrogen) atoms. The lowest BCUT2D eigenvalue weighted by atomic mass is 9.97. The normalized spacial score (nSPS) is 12.0. The van der Waals surface area contributed by atoms with Gasteiger partial charge < -0.3 is 5.32 Å². The zero-order chi connectivity index (χ0) is 15.4. The maximum absolute atomic E-state index is 13.2. The quantitative estimate of drug-likeness (QED) is 0.866. The molecule has 4 heteroatoms. The third kappa shape index (κ3) is 3.45. The van der Waals surface area contributed by atoms with E-state index in [9.17, 15) is 13.6 Å². The topological polar surface area (TPSA) is 29.1 Å². The molecular formula is C17H17F2NO. The molecule has 1 atom stereocenters. The molecule has 0 radical (unpaired) electrons. The highest BCUT2D eigenvalue weighted by atomic mass is 19.2. The molecule has 0 bridgehead atoms. The van der Waals surface area contributed by atoms with E-state index in [0.717, 1.165) is 24.1 Å². The van der Waals surface area contributed by atoms with Crippen LogP contribution in [-0.4, -0.2) is 5.91 Å². The molecule has 0 aliphatic heterocycles. The Kier molecular flexibility index (Phi) is 4.68. The van der Waals surface area contributed by atoms with Crippen LogP contribution in [0.4, 0.5) is 14.5 Å². The van der Waals surface area contributed by atoms with E-state index in [1.54, 1.807) is 6.07 Å². The number of anilines is 1. The minimum absolute atomic E-state index is 0.0906. The van der Waals surface area contributed by atoms with Gasteiger partial charge in [-0.2, -0.15) is 0 Å². The summed E-state index contributed by atoms with van der Waals surface area (Å²) < 4.78 is 26.1. The van der Waals surface area contributed by atoms with Gasteiger partial charge in [0.05, 0.1) is 0 Å². The van der Waals surface area contributed by atoms with E-state index in [0.29, 0.717) is 11.6 Å². The summed E-state index contributed by atoms with van der Waals surface area (Å²) in [5.41, 5.74) is 1.81. The molecular weight excluding hydrogens is 272 g/mol. The number of nitrogens with one attached hydrogen (secondary N) is 1. The van der Waals surface area contributed by atoms with Crippen molar-refractivity contribution in [2.24, 2.45) is 0 Å². The second-order valence-corrected chi connectivity index (χ2v) is 4.98. The maximum Gasteiger partial charge on any atom is 0.255 e. The Morgan fingerprint density at radius 3 is 2.52 bits per heavy atom. The van der Waals surface area contributed by atoms with Crippen LogP contribution in [0.3, 0.4) is 0 Å². The van der Waals surface area contributed by atoms with Crippen LogP contribution in [0.5, 0.6) is 0 Å². The van der Waals surface area contributed by atoms with Crippen molar-refractivity contribution >= 4 is 11.6 Å². The van der Waals surface area contributed by atoms with E-state index in [2.05, 4.69) is 19.2 Å². The molecule has 2 rings (SSSR count). The van der Waals surface area contributed by atoms with Gasteiger partial charge in [0.25, 0.3) is 5.91 Å². The van der Waals surface area contributed by atoms with Gasteiger partial charge in [-0.3, -0.25) is 4.79 Å². The molecule has 0 aliphatic carbocycles. The highest BCUT2D eigenvalue weighted by Crippen LogP contribution is 2.26. The predicted octanol–water partition coefficient (Wildman–Crippen LogP) is 4.73. The van der Waals surface area contributed by atoms with E-state index >= 15 is 0 Å². The average Bonchev–Trinajstić information content (AvgIpc) is 2.49. The van der Waals surface area contributed by atoms with Crippen molar-refractivity contribution in [3.8, 4) is 0 Å². The molecule has 1 unspecified atom stereocenters. The molecule has 1 N–H and O–H groups in total. The van der Waals surface area contributed by atoms with Gasteiger partial charge in [0.1, 0.15) is 0 Å². The average molecular weight is 289 g/mol. The van der Waals surface area contributed by atoms with Crippen molar-refractivity contribution < 1.29 is 13.6 Å². The second kappa shape index (κ2) is 6.48. The predicted molar refractivity (Wildman–Crippen MR) is 79.5 cm³/mol. The van der Waals surface area contributed by atoms with Crippen LogP contribution in [0.2, 0.25) is 0 Å². The number of hydrogen-bond acceptors (Lipinski definition) is 1. The first kappa shape index (κ1) is 15.2. The van der Waals surface area contributed by atoms with E-state index in [1.807, 2.05) is 18.2 Å². The molecule has 2 aromatic carbocycles. The van der Waals surface area contributed by atoms with Gasteiger partial charge in [0.2, 0.25) is 0 Å². The third-order valence-electron chi connectivity index (χ3n) is 3.53. The fraction of sp³-hybridized carbons (Fsp3) is 0.235. The molecule has 2 aromatic rings. The molecule has 2 nitrogen and oxygen atoms in total. The summed E-state index contributed by atoms with van der Waals surface area (Å²) in [6, 6.07) is 10.6. The number of hydrogen-bond donors (Lipinski definition) is 1. The molecule has 0 saturated carbocycles. The van der Waals surface area contributed by atoms with Gasteiger partial charge in [-0.05, 0) is 42.2 Å². The van der Waals surface area contributed by atoms with Gasteiger partial charge in [-0.15, -0.1) is 0 Å². The Balaban J connectivity index is 2.25. The number of halogens is 2. The van der Waals surface area contributed by atoms with Crippen LogP contribution in [0, 0.1) is 11.6 Å². The number of carbonyl (C=O) groups is 1. The second-order valence-electron chi connectivity index (χ2n) is 4.98. The van der Waals surface area contributed by atoms with E-state index in [4.69, 9.17) is 0 Å². The summed E-state index contributed by atoms with van der Waals surface area (Å²) in [5.74, 6) is -2.15. The van der Waals surface area contributed by atoms with Crippen molar-refractivity contribution in [1.82, 2.24) is 0 Å². The van der Waals surface area contributed by atoms with Gasteiger partial charge >= 0.3 is 0 Å². The number of amides is 1. The summed E-state index contributed by atoms with van der Waals surface area (Å²) in [4.78, 5) is 12.1. The van der Waals surface area contributed by atoms with Gasteiger partial charge in [-0.1, -0.05) is 32.0 Å². The Labute approximate surface area is 122 Å². The van der Waals surface area contributed by atoms with Gasteiger partial charge in [-0.25, -0.2) is 8.78 Å². The zero-order valence-corrected chi connectivity index (χ0v) is 12.0. The molecule has 0 aromatic heterocycles. The standard InChI is InChI=1S/C17H17F2NO/c1-3-11(2)13-6-4-5-7-16(13)20-17(21)12-8-9-14(18)15(19)10-12/h4-11H,3H2,1-2H3,(H,20,21). The smallest absolute Gasteiger partial charge is 0.255 e. The first-order chi connectivity index (χ1) is 10.0. The summed E-state index contributed by atoms with van der Waals surface area (Å²) in [6.07, 6.45) is 0.943. The van der Waals surface area contributed by atoms with Crippen LogP contribution in [0.1, 0.15) is 42.1 Å². The SMILES string of the molecule is CCC(C)c1ccccc1NC(=O)c1ccc(F)c(F)c1. The Morgan fingerprint density at radius 1 is 1.14 bits per heavy atom. The van der Waals surface area contributed by atoms with Gasteiger partial charge in [0, 0.05) is 11.3 Å². The lowest BCUT2D eigenvalue weighted by Crippen LogP contribution is -2.14. The van der Waals surface area contributed by atoms with Crippen LogP contribution >= 0.6 is 0 Å². The van der Waals surface area contributed by atoms with Crippen LogP contribution in [0.15, 0.2) is 42.5 Å². The molecule has 0 aliphatic rings. The fourth-order valence-corrected chi connectivity index (χ4v) is 2.09. The van der Waals surface area contributed by atoms with Crippen molar-refractivity contribution in [1.29, 1.82) is 0 Å². The Hall–Kier alpha value is -2.23. The largest absolute Gasteiger partial charge is 0.322 e. The molecule has 0 saturated heterocycles. The number of carbonyl (C=O) groups excluding carboxylic acids is 1. The van der Waals surface area contributed by atoms with Crippen LogP contribution < -0.4 is 5.32 Å². The van der Waals surface area contributed by atoms with E-state index < -0.39 is 17.5 Å². The van der Waals surface area contributed by atoms with Crippen LogP contribution in [0.25, 0.3) is 0 Å².